The molecule has 5 heteroatoms. The Morgan fingerprint density at radius 3 is 2.60 bits per heavy atom. The van der Waals surface area contributed by atoms with Crippen LogP contribution in [0, 0.1) is 5.41 Å². The Kier molecular flexibility index (Phi) is 7.29. The summed E-state index contributed by atoms with van der Waals surface area (Å²) in [7, 11) is 0. The largest absolute Gasteiger partial charge is 0.378 e. The van der Waals surface area contributed by atoms with Crippen LogP contribution in [0.15, 0.2) is 30.3 Å². The number of carbonyl (C=O) groups is 1. The van der Waals surface area contributed by atoms with Crippen molar-refractivity contribution in [1.29, 1.82) is 0 Å². The molecule has 0 heterocycles. The van der Waals surface area contributed by atoms with Crippen LogP contribution in [-0.4, -0.2) is 30.7 Å². The summed E-state index contributed by atoms with van der Waals surface area (Å²) in [6, 6.07) is 9.71. The van der Waals surface area contributed by atoms with Gasteiger partial charge in [0.15, 0.2) is 0 Å². The summed E-state index contributed by atoms with van der Waals surface area (Å²) in [5.41, 5.74) is 7.40. The molecule has 3 N–H and O–H groups in total. The highest BCUT2D eigenvalue weighted by Crippen LogP contribution is 2.53. The van der Waals surface area contributed by atoms with Crippen molar-refractivity contribution in [3.8, 4) is 0 Å². The predicted molar refractivity (Wildman–Crippen MR) is 103 cm³/mol. The number of carbonyl (C=O) groups excluding carboxylic acids is 1. The second-order valence-electron chi connectivity index (χ2n) is 7.33. The normalized spacial score (nSPS) is 25.5. The number of amides is 1. The molecule has 25 heavy (non-hydrogen) atoms. The minimum atomic E-state index is -0.487. The zero-order chi connectivity index (χ0) is 17.0. The number of rotatable bonds is 6. The highest BCUT2D eigenvalue weighted by molar-refractivity contribution is 5.85. The molecule has 0 aromatic heterocycles. The molecular formula is C20H31ClN2O2. The van der Waals surface area contributed by atoms with Gasteiger partial charge in [-0.05, 0) is 38.2 Å². The van der Waals surface area contributed by atoms with E-state index in [1.165, 1.54) is 19.3 Å². The third-order valence-electron chi connectivity index (χ3n) is 5.89. The van der Waals surface area contributed by atoms with E-state index in [0.717, 1.165) is 31.4 Å². The summed E-state index contributed by atoms with van der Waals surface area (Å²) in [5.74, 6) is -0.0243. The molecule has 3 rings (SSSR count). The second kappa shape index (κ2) is 9.02. The third kappa shape index (κ3) is 4.36. The lowest BCUT2D eigenvalue weighted by atomic mass is 9.55. The van der Waals surface area contributed by atoms with Crippen molar-refractivity contribution in [3.05, 3.63) is 35.9 Å². The summed E-state index contributed by atoms with van der Waals surface area (Å²) in [6.45, 7) is 2.80. The Hall–Kier alpha value is -1.10. The van der Waals surface area contributed by atoms with Crippen LogP contribution in [0.5, 0.6) is 0 Å². The van der Waals surface area contributed by atoms with Gasteiger partial charge in [0.25, 0.3) is 0 Å². The number of nitrogens with one attached hydrogen (secondary N) is 1. The lowest BCUT2D eigenvalue weighted by molar-refractivity contribution is -0.157. The van der Waals surface area contributed by atoms with Gasteiger partial charge in [-0.15, -0.1) is 12.4 Å². The fourth-order valence-corrected chi connectivity index (χ4v) is 4.51. The highest BCUT2D eigenvalue weighted by Gasteiger charge is 2.56. The first-order valence-electron chi connectivity index (χ1n) is 9.37. The quantitative estimate of drug-likeness (QED) is 0.812. The lowest BCUT2D eigenvalue weighted by Crippen LogP contribution is -2.66. The molecule has 0 saturated heterocycles. The molecule has 0 bridgehead atoms. The highest BCUT2D eigenvalue weighted by atomic mass is 35.5. The molecule has 2 aliphatic rings. The molecule has 3 atom stereocenters. The Bertz CT molecular complexity index is 546. The Morgan fingerprint density at radius 2 is 1.96 bits per heavy atom. The van der Waals surface area contributed by atoms with E-state index in [4.69, 9.17) is 10.5 Å². The van der Waals surface area contributed by atoms with E-state index in [-0.39, 0.29) is 29.8 Å². The van der Waals surface area contributed by atoms with Crippen molar-refractivity contribution in [1.82, 2.24) is 5.32 Å². The first-order chi connectivity index (χ1) is 11.7. The maximum Gasteiger partial charge on any atom is 0.237 e. The van der Waals surface area contributed by atoms with Gasteiger partial charge in [-0.25, -0.2) is 0 Å². The number of nitrogens with two attached hydrogens (primary N) is 1. The number of hydrogen-bond acceptors (Lipinski definition) is 3. The fraction of sp³-hybridized carbons (Fsp3) is 0.650. The van der Waals surface area contributed by atoms with Crippen LogP contribution in [-0.2, 0) is 16.0 Å². The van der Waals surface area contributed by atoms with Crippen molar-refractivity contribution in [2.45, 2.75) is 70.1 Å². The Labute approximate surface area is 157 Å². The van der Waals surface area contributed by atoms with Crippen molar-refractivity contribution in [3.63, 3.8) is 0 Å². The van der Waals surface area contributed by atoms with Crippen LogP contribution in [0.25, 0.3) is 0 Å². The van der Waals surface area contributed by atoms with Crippen LogP contribution >= 0.6 is 12.4 Å². The predicted octanol–water partition coefficient (Wildman–Crippen LogP) is 3.22. The maximum atomic E-state index is 12.6. The SMILES string of the molecule is CCOC1CC(NC(=O)[C@@H](N)Cc2ccccc2)C12CCCCC2.Cl. The Morgan fingerprint density at radius 1 is 1.28 bits per heavy atom. The molecule has 1 amide bonds. The van der Waals surface area contributed by atoms with Gasteiger partial charge in [0, 0.05) is 18.1 Å². The minimum Gasteiger partial charge on any atom is -0.378 e. The molecule has 2 saturated carbocycles. The average Bonchev–Trinajstić information content (AvgIpc) is 2.62. The summed E-state index contributed by atoms with van der Waals surface area (Å²) in [6.07, 6.45) is 7.93. The standard InChI is InChI=1S/C20H30N2O2.ClH/c1-2-24-18-14-17(20(18)11-7-4-8-12-20)22-19(23)16(21)13-15-9-5-3-6-10-15;/h3,5-6,9-10,16-18H,2,4,7-8,11-14,21H2,1H3,(H,22,23);1H/t16-,17?,18?;/m0./s1. The van der Waals surface area contributed by atoms with Crippen molar-refractivity contribution in [2.75, 3.05) is 6.61 Å². The van der Waals surface area contributed by atoms with E-state index in [1.54, 1.807) is 0 Å². The molecule has 0 aliphatic heterocycles. The minimum absolute atomic E-state index is 0. The van der Waals surface area contributed by atoms with Crippen molar-refractivity contribution in [2.24, 2.45) is 11.1 Å². The number of benzene rings is 1. The zero-order valence-electron chi connectivity index (χ0n) is 15.1. The van der Waals surface area contributed by atoms with Crippen LogP contribution in [0.1, 0.15) is 51.0 Å². The molecule has 140 valence electrons. The van der Waals surface area contributed by atoms with E-state index in [9.17, 15) is 4.79 Å². The van der Waals surface area contributed by atoms with Gasteiger partial charge in [0.2, 0.25) is 5.91 Å². The topological polar surface area (TPSA) is 64.3 Å². The second-order valence-corrected chi connectivity index (χ2v) is 7.33. The van der Waals surface area contributed by atoms with E-state index in [1.807, 2.05) is 30.3 Å². The van der Waals surface area contributed by atoms with Gasteiger partial charge in [0.05, 0.1) is 12.1 Å². The molecule has 1 spiro atoms. The first kappa shape index (κ1) is 20.2. The summed E-state index contributed by atoms with van der Waals surface area (Å²) < 4.78 is 5.96. The molecule has 4 nitrogen and oxygen atoms in total. The van der Waals surface area contributed by atoms with E-state index in [0.29, 0.717) is 12.5 Å². The summed E-state index contributed by atoms with van der Waals surface area (Å²) in [4.78, 5) is 12.6. The van der Waals surface area contributed by atoms with Crippen LogP contribution in [0.2, 0.25) is 0 Å². The van der Waals surface area contributed by atoms with E-state index >= 15 is 0 Å². The third-order valence-corrected chi connectivity index (χ3v) is 5.89. The van der Waals surface area contributed by atoms with E-state index < -0.39 is 6.04 Å². The van der Waals surface area contributed by atoms with Gasteiger partial charge in [-0.1, -0.05) is 49.6 Å². The van der Waals surface area contributed by atoms with E-state index in [2.05, 4.69) is 12.2 Å². The molecule has 1 aromatic rings. The molecule has 2 unspecified atom stereocenters. The van der Waals surface area contributed by atoms with Gasteiger partial charge in [-0.2, -0.15) is 0 Å². The molecule has 2 fully saturated rings. The van der Waals surface area contributed by atoms with Gasteiger partial charge in [0.1, 0.15) is 0 Å². The van der Waals surface area contributed by atoms with Crippen molar-refractivity contribution >= 4 is 18.3 Å². The lowest BCUT2D eigenvalue weighted by Gasteiger charge is -2.57. The van der Waals surface area contributed by atoms with Gasteiger partial charge >= 0.3 is 0 Å². The number of ether oxygens (including phenoxy) is 1. The molecule has 0 radical (unpaired) electrons. The molecule has 2 aliphatic carbocycles. The van der Waals surface area contributed by atoms with Gasteiger partial charge < -0.3 is 15.8 Å². The number of halogens is 1. The van der Waals surface area contributed by atoms with Crippen LogP contribution in [0.3, 0.4) is 0 Å². The van der Waals surface area contributed by atoms with Crippen LogP contribution in [0.4, 0.5) is 0 Å². The van der Waals surface area contributed by atoms with Gasteiger partial charge in [-0.3, -0.25) is 4.79 Å². The smallest absolute Gasteiger partial charge is 0.237 e. The van der Waals surface area contributed by atoms with Crippen molar-refractivity contribution < 1.29 is 9.53 Å². The first-order valence-corrected chi connectivity index (χ1v) is 9.37. The Balaban J connectivity index is 0.00000225. The average molecular weight is 367 g/mol. The molecular weight excluding hydrogens is 336 g/mol. The summed E-state index contributed by atoms with van der Waals surface area (Å²) >= 11 is 0. The van der Waals surface area contributed by atoms with Crippen LogP contribution < -0.4 is 11.1 Å². The summed E-state index contributed by atoms with van der Waals surface area (Å²) in [5, 5.41) is 3.24. The molecule has 1 aromatic carbocycles. The monoisotopic (exact) mass is 366 g/mol. The number of hydrogen-bond donors (Lipinski definition) is 2. The zero-order valence-corrected chi connectivity index (χ0v) is 15.9. The maximum absolute atomic E-state index is 12.6. The fourth-order valence-electron chi connectivity index (χ4n) is 4.51.